The van der Waals surface area contributed by atoms with Crippen LogP contribution in [0.15, 0.2) is 29.4 Å². The number of nitrogens with one attached hydrogen (secondary N) is 1. The molecule has 0 saturated carbocycles. The highest BCUT2D eigenvalue weighted by atomic mass is 16.5. The number of rotatable bonds is 5. The molecule has 9 heteroatoms. The van der Waals surface area contributed by atoms with Crippen LogP contribution in [0.25, 0.3) is 0 Å². The highest BCUT2D eigenvalue weighted by molar-refractivity contribution is 6.31. The lowest BCUT2D eigenvalue weighted by Gasteiger charge is -2.27. The van der Waals surface area contributed by atoms with Gasteiger partial charge < -0.3 is 15.0 Å². The van der Waals surface area contributed by atoms with E-state index in [0.717, 1.165) is 16.1 Å². The number of carbonyl (C=O) groups is 3. The second kappa shape index (κ2) is 7.11. The third-order valence-corrected chi connectivity index (χ3v) is 4.21. The monoisotopic (exact) mass is 360 g/mol. The Morgan fingerprint density at radius 3 is 2.54 bits per heavy atom. The van der Waals surface area contributed by atoms with Crippen LogP contribution in [0.3, 0.4) is 0 Å². The zero-order chi connectivity index (χ0) is 18.8. The van der Waals surface area contributed by atoms with Crippen LogP contribution in [0.2, 0.25) is 0 Å². The molecule has 2 aliphatic heterocycles. The van der Waals surface area contributed by atoms with Gasteiger partial charge in [-0.3, -0.25) is 14.5 Å². The average Bonchev–Trinajstić information content (AvgIpc) is 3.02. The highest BCUT2D eigenvalue weighted by Crippen LogP contribution is 2.28. The molecule has 1 aromatic rings. The van der Waals surface area contributed by atoms with Gasteiger partial charge in [-0.05, 0) is 42.8 Å². The molecule has 1 N–H and O–H groups in total. The predicted octanol–water partition coefficient (Wildman–Crippen LogP) is 0.157. The number of hydrogen-bond acceptors (Lipinski definition) is 6. The van der Waals surface area contributed by atoms with Crippen molar-refractivity contribution in [1.82, 2.24) is 10.2 Å². The Bertz CT molecular complexity index is 759. The van der Waals surface area contributed by atoms with E-state index < -0.39 is 18.1 Å². The summed E-state index contributed by atoms with van der Waals surface area (Å²) < 4.78 is 6.12. The summed E-state index contributed by atoms with van der Waals surface area (Å²) in [6.07, 6.45) is -0.638. The third-order valence-electron chi connectivity index (χ3n) is 4.21. The van der Waals surface area contributed by atoms with Crippen LogP contribution >= 0.6 is 0 Å². The molecule has 2 aliphatic rings. The van der Waals surface area contributed by atoms with E-state index in [1.54, 1.807) is 7.11 Å². The van der Waals surface area contributed by atoms with Gasteiger partial charge in [0.2, 0.25) is 0 Å². The van der Waals surface area contributed by atoms with E-state index in [1.807, 2.05) is 43.0 Å². The summed E-state index contributed by atoms with van der Waals surface area (Å²) in [6, 6.07) is 7.32. The van der Waals surface area contributed by atoms with Gasteiger partial charge in [0.15, 0.2) is 0 Å². The Kier molecular flexibility index (Phi) is 4.88. The van der Waals surface area contributed by atoms with Crippen molar-refractivity contribution in [2.75, 3.05) is 31.6 Å². The maximum absolute atomic E-state index is 12.4. The van der Waals surface area contributed by atoms with Crippen LogP contribution in [0.4, 0.5) is 5.69 Å². The number of methoxy groups -OCH3 is 1. The smallest absolute Gasteiger partial charge is 0.497 e. The number of hydrogen-bond donors (Lipinski definition) is 1. The molecule has 0 radical (unpaired) electrons. The van der Waals surface area contributed by atoms with E-state index in [9.17, 15) is 14.4 Å². The zero-order valence-corrected chi connectivity index (χ0v) is 15.0. The summed E-state index contributed by atoms with van der Waals surface area (Å²) in [5.74, 6) is -1.05. The number of ether oxygens (including phenoxy) is 1. The quantitative estimate of drug-likeness (QED) is 0.596. The van der Waals surface area contributed by atoms with E-state index in [4.69, 9.17) is 4.74 Å². The number of benzene rings is 1. The second-order valence-electron chi connectivity index (χ2n) is 6.44. The van der Waals surface area contributed by atoms with Crippen LogP contribution < -0.4 is 15.0 Å². The van der Waals surface area contributed by atoms with Gasteiger partial charge in [-0.15, -0.1) is 0 Å². The maximum atomic E-state index is 12.4. The minimum absolute atomic E-state index is 0.0585. The normalized spacial score (nSPS) is 19.5. The molecule has 1 fully saturated rings. The van der Waals surface area contributed by atoms with Crippen molar-refractivity contribution in [2.45, 2.75) is 26.2 Å². The van der Waals surface area contributed by atoms with Gasteiger partial charge in [0.05, 0.1) is 7.11 Å². The minimum Gasteiger partial charge on any atom is -0.497 e. The molecular formula is C17H22N5O4+. The van der Waals surface area contributed by atoms with Crippen molar-refractivity contribution in [3.8, 4) is 5.75 Å². The number of carbonyl (C=O) groups excluding carboxylic acids is 3. The molecule has 9 nitrogen and oxygen atoms in total. The Balaban J connectivity index is 1.85. The summed E-state index contributed by atoms with van der Waals surface area (Å²) in [7, 11) is 1.59. The van der Waals surface area contributed by atoms with Crippen LogP contribution in [0, 0.1) is 0 Å². The zero-order valence-electron chi connectivity index (χ0n) is 15.0. The van der Waals surface area contributed by atoms with E-state index >= 15 is 0 Å². The number of azo groups is 2. The first kappa shape index (κ1) is 17.8. The Labute approximate surface area is 151 Å². The topological polar surface area (TPSA) is 94.3 Å². The summed E-state index contributed by atoms with van der Waals surface area (Å²) in [6.45, 7) is 4.32. The molecule has 138 valence electrons. The molecule has 0 bridgehead atoms. The Morgan fingerprint density at radius 1 is 1.27 bits per heavy atom. The first-order valence-electron chi connectivity index (χ1n) is 8.44. The number of fused-ring (bicyclic) bond motifs is 1. The van der Waals surface area contributed by atoms with E-state index in [-0.39, 0.29) is 18.5 Å². The largest absolute Gasteiger partial charge is 0.502 e. The standard InChI is InChI=1S/C17H21N5O4/c1-11(2)18-14(23)10-22-16(25)15(24)21-9-8-20(17(21)19-22)12-4-6-13(26-3)7-5-12/h4-7,11,17H,8-10H2,1-3H3/p+1. The molecule has 3 amide bonds. The fourth-order valence-electron chi connectivity index (χ4n) is 3.01. The lowest BCUT2D eigenvalue weighted by Crippen LogP contribution is -2.53. The maximum Gasteiger partial charge on any atom is 0.502 e. The molecule has 2 heterocycles. The predicted molar refractivity (Wildman–Crippen MR) is 91.7 cm³/mol. The van der Waals surface area contributed by atoms with Gasteiger partial charge in [0.25, 0.3) is 18.7 Å². The number of anilines is 1. The average molecular weight is 360 g/mol. The molecule has 1 aromatic carbocycles. The molecule has 3 rings (SSSR count). The van der Waals surface area contributed by atoms with E-state index in [2.05, 4.69) is 10.4 Å². The first-order chi connectivity index (χ1) is 12.4. The highest BCUT2D eigenvalue weighted by Gasteiger charge is 2.49. The molecular weight excluding hydrogens is 338 g/mol. The van der Waals surface area contributed by atoms with Crippen LogP contribution in [-0.2, 0) is 14.4 Å². The molecule has 1 unspecified atom stereocenters. The van der Waals surface area contributed by atoms with Crippen LogP contribution in [0.1, 0.15) is 13.8 Å². The second-order valence-corrected chi connectivity index (χ2v) is 6.44. The summed E-state index contributed by atoms with van der Waals surface area (Å²) in [5.41, 5.74) is 0.857. The summed E-state index contributed by atoms with van der Waals surface area (Å²) in [4.78, 5) is 39.9. The number of nitrogens with zero attached hydrogens (tertiary/aromatic N) is 4. The Hall–Kier alpha value is -2.97. The van der Waals surface area contributed by atoms with Gasteiger partial charge in [-0.2, -0.15) is 0 Å². The van der Waals surface area contributed by atoms with E-state index in [0.29, 0.717) is 13.1 Å². The van der Waals surface area contributed by atoms with Crippen molar-refractivity contribution < 1.29 is 23.8 Å². The lowest BCUT2D eigenvalue weighted by atomic mass is 10.3. The van der Waals surface area contributed by atoms with Gasteiger partial charge in [0, 0.05) is 29.9 Å². The van der Waals surface area contributed by atoms with Crippen molar-refractivity contribution >= 4 is 23.4 Å². The summed E-state index contributed by atoms with van der Waals surface area (Å²) in [5, 5.41) is 7.04. The molecule has 1 saturated heterocycles. The number of amides is 3. The molecule has 1 atom stereocenters. The summed E-state index contributed by atoms with van der Waals surface area (Å²) >= 11 is 0. The molecule has 0 aromatic heterocycles. The van der Waals surface area contributed by atoms with Crippen LogP contribution in [-0.4, -0.2) is 66.4 Å². The van der Waals surface area contributed by atoms with Crippen molar-refractivity contribution in [2.24, 2.45) is 5.11 Å². The van der Waals surface area contributed by atoms with Gasteiger partial charge in [0.1, 0.15) is 5.75 Å². The molecule has 0 spiro atoms. The van der Waals surface area contributed by atoms with Crippen molar-refractivity contribution in [3.05, 3.63) is 24.3 Å². The lowest BCUT2D eigenvalue weighted by molar-refractivity contribution is -0.509. The van der Waals surface area contributed by atoms with Crippen molar-refractivity contribution in [3.63, 3.8) is 0 Å². The van der Waals surface area contributed by atoms with Gasteiger partial charge in [-0.1, -0.05) is 0 Å². The Morgan fingerprint density at radius 2 is 1.92 bits per heavy atom. The third kappa shape index (κ3) is 3.37. The van der Waals surface area contributed by atoms with Gasteiger partial charge in [-0.25, -0.2) is 4.79 Å². The van der Waals surface area contributed by atoms with Gasteiger partial charge >= 0.3 is 11.8 Å². The van der Waals surface area contributed by atoms with E-state index in [1.165, 1.54) is 4.90 Å². The molecule has 26 heavy (non-hydrogen) atoms. The first-order valence-corrected chi connectivity index (χ1v) is 8.44. The molecule has 0 aliphatic carbocycles. The van der Waals surface area contributed by atoms with Crippen LogP contribution in [0.5, 0.6) is 5.75 Å². The SMILES string of the molecule is COc1ccc(N2CCN3C(=O)C(=O)[N+](CC(=O)NC(C)C)=NC32)cc1. The van der Waals surface area contributed by atoms with Crippen molar-refractivity contribution in [1.29, 1.82) is 0 Å². The fourth-order valence-corrected chi connectivity index (χ4v) is 3.01. The minimum atomic E-state index is -0.781. The fraction of sp³-hybridized carbons (Fsp3) is 0.471.